The number of benzene rings is 1. The molecule has 18 heavy (non-hydrogen) atoms. The molecular formula is C13H16F2N2O. The van der Waals surface area contributed by atoms with Crippen molar-refractivity contribution in [2.45, 2.75) is 37.6 Å². The topological polar surface area (TPSA) is 55.1 Å². The van der Waals surface area contributed by atoms with Crippen molar-refractivity contribution in [1.29, 1.82) is 0 Å². The van der Waals surface area contributed by atoms with E-state index in [9.17, 15) is 13.6 Å². The molecule has 1 amide bonds. The number of hydrogen-bond acceptors (Lipinski definition) is 2. The van der Waals surface area contributed by atoms with Crippen LogP contribution in [0.4, 0.5) is 14.5 Å². The standard InChI is InChI=1S/C13H16F2N2O/c14-9-3-4-10(15)11(7-9)17-12(18)8-13(16)5-1-2-6-13/h3-4,7H,1-2,5-6,8,16H2,(H,17,18). The maximum absolute atomic E-state index is 13.3. The van der Waals surface area contributed by atoms with Crippen LogP contribution in [0.5, 0.6) is 0 Å². The van der Waals surface area contributed by atoms with Crippen LogP contribution in [0.15, 0.2) is 18.2 Å². The summed E-state index contributed by atoms with van der Waals surface area (Å²) in [6.07, 6.45) is 3.76. The lowest BCUT2D eigenvalue weighted by atomic mass is 9.94. The highest BCUT2D eigenvalue weighted by Gasteiger charge is 2.31. The van der Waals surface area contributed by atoms with Gasteiger partial charge in [-0.15, -0.1) is 0 Å². The van der Waals surface area contributed by atoms with Gasteiger partial charge >= 0.3 is 0 Å². The minimum absolute atomic E-state index is 0.137. The van der Waals surface area contributed by atoms with E-state index in [-0.39, 0.29) is 18.0 Å². The number of carbonyl (C=O) groups excluding carboxylic acids is 1. The second-order valence-electron chi connectivity index (χ2n) is 4.92. The minimum Gasteiger partial charge on any atom is -0.325 e. The Morgan fingerprint density at radius 3 is 2.67 bits per heavy atom. The van der Waals surface area contributed by atoms with Gasteiger partial charge in [-0.1, -0.05) is 12.8 Å². The fourth-order valence-electron chi connectivity index (χ4n) is 2.36. The summed E-state index contributed by atoms with van der Waals surface area (Å²) in [7, 11) is 0. The van der Waals surface area contributed by atoms with E-state index in [0.717, 1.165) is 43.9 Å². The van der Waals surface area contributed by atoms with E-state index in [1.54, 1.807) is 0 Å². The maximum Gasteiger partial charge on any atom is 0.226 e. The molecule has 2 rings (SSSR count). The number of hydrogen-bond donors (Lipinski definition) is 2. The zero-order chi connectivity index (χ0) is 13.2. The lowest BCUT2D eigenvalue weighted by Crippen LogP contribution is -2.40. The molecule has 0 unspecified atom stereocenters. The molecule has 1 aliphatic carbocycles. The first-order valence-corrected chi connectivity index (χ1v) is 6.02. The Hall–Kier alpha value is -1.49. The van der Waals surface area contributed by atoms with Crippen molar-refractivity contribution in [2.75, 3.05) is 5.32 Å². The number of rotatable bonds is 3. The fraction of sp³-hybridized carbons (Fsp3) is 0.462. The summed E-state index contributed by atoms with van der Waals surface area (Å²) >= 11 is 0. The minimum atomic E-state index is -0.651. The van der Waals surface area contributed by atoms with Crippen LogP contribution >= 0.6 is 0 Å². The van der Waals surface area contributed by atoms with E-state index in [4.69, 9.17) is 5.73 Å². The second-order valence-corrected chi connectivity index (χ2v) is 4.92. The molecule has 0 aromatic heterocycles. The van der Waals surface area contributed by atoms with Crippen molar-refractivity contribution in [3.8, 4) is 0 Å². The van der Waals surface area contributed by atoms with Crippen molar-refractivity contribution in [3.05, 3.63) is 29.8 Å². The highest BCUT2D eigenvalue weighted by molar-refractivity contribution is 5.91. The largest absolute Gasteiger partial charge is 0.325 e. The molecule has 5 heteroatoms. The van der Waals surface area contributed by atoms with E-state index >= 15 is 0 Å². The van der Waals surface area contributed by atoms with Gasteiger partial charge in [0.25, 0.3) is 0 Å². The molecule has 3 nitrogen and oxygen atoms in total. The summed E-state index contributed by atoms with van der Waals surface area (Å²) in [5.74, 6) is -1.61. The average Bonchev–Trinajstić information content (AvgIpc) is 2.70. The molecule has 0 spiro atoms. The van der Waals surface area contributed by atoms with Crippen molar-refractivity contribution < 1.29 is 13.6 Å². The second kappa shape index (κ2) is 5.02. The molecule has 0 bridgehead atoms. The Bertz CT molecular complexity index is 456. The smallest absolute Gasteiger partial charge is 0.226 e. The molecule has 98 valence electrons. The van der Waals surface area contributed by atoms with Crippen molar-refractivity contribution >= 4 is 11.6 Å². The van der Waals surface area contributed by atoms with Gasteiger partial charge in [-0.2, -0.15) is 0 Å². The van der Waals surface area contributed by atoms with Gasteiger partial charge in [-0.3, -0.25) is 4.79 Å². The van der Waals surface area contributed by atoms with E-state index in [1.165, 1.54) is 0 Å². The summed E-state index contributed by atoms with van der Waals surface area (Å²) in [6.45, 7) is 0. The number of nitrogens with one attached hydrogen (secondary N) is 1. The zero-order valence-electron chi connectivity index (χ0n) is 10.0. The average molecular weight is 254 g/mol. The van der Waals surface area contributed by atoms with Gasteiger partial charge in [0.05, 0.1) is 5.69 Å². The lowest BCUT2D eigenvalue weighted by Gasteiger charge is -2.22. The summed E-state index contributed by atoms with van der Waals surface area (Å²) < 4.78 is 26.3. The molecular weight excluding hydrogens is 238 g/mol. The Morgan fingerprint density at radius 2 is 2.00 bits per heavy atom. The quantitative estimate of drug-likeness (QED) is 0.871. The molecule has 1 aliphatic rings. The maximum atomic E-state index is 13.3. The Balaban J connectivity index is 2.00. The van der Waals surface area contributed by atoms with Crippen LogP contribution in [0, 0.1) is 11.6 Å². The molecule has 1 fully saturated rings. The molecule has 0 atom stereocenters. The Morgan fingerprint density at radius 1 is 1.33 bits per heavy atom. The van der Waals surface area contributed by atoms with Crippen LogP contribution in [0.25, 0.3) is 0 Å². The summed E-state index contributed by atoms with van der Waals surface area (Å²) in [4.78, 5) is 11.8. The van der Waals surface area contributed by atoms with E-state index in [1.807, 2.05) is 0 Å². The predicted molar refractivity (Wildman–Crippen MR) is 65.0 cm³/mol. The molecule has 1 aromatic carbocycles. The highest BCUT2D eigenvalue weighted by Crippen LogP contribution is 2.30. The predicted octanol–water partition coefficient (Wildman–Crippen LogP) is 2.56. The van der Waals surface area contributed by atoms with Crippen molar-refractivity contribution in [2.24, 2.45) is 5.73 Å². The van der Waals surface area contributed by atoms with Crippen LogP contribution in [0.1, 0.15) is 32.1 Å². The van der Waals surface area contributed by atoms with E-state index in [0.29, 0.717) is 0 Å². The molecule has 0 radical (unpaired) electrons. The molecule has 3 N–H and O–H groups in total. The summed E-state index contributed by atoms with van der Waals surface area (Å²) in [6, 6.07) is 2.95. The van der Waals surface area contributed by atoms with Gasteiger partial charge in [0.2, 0.25) is 5.91 Å². The van der Waals surface area contributed by atoms with Gasteiger partial charge in [0.15, 0.2) is 0 Å². The zero-order valence-corrected chi connectivity index (χ0v) is 10.0. The van der Waals surface area contributed by atoms with E-state index in [2.05, 4.69) is 5.32 Å². The lowest BCUT2D eigenvalue weighted by molar-refractivity contribution is -0.117. The van der Waals surface area contributed by atoms with Crippen LogP contribution in [0.3, 0.4) is 0 Å². The molecule has 1 aromatic rings. The number of halogens is 2. The van der Waals surface area contributed by atoms with Crippen LogP contribution in [-0.4, -0.2) is 11.4 Å². The molecule has 0 aliphatic heterocycles. The first-order valence-electron chi connectivity index (χ1n) is 6.02. The Kier molecular flexibility index (Phi) is 3.61. The third-order valence-electron chi connectivity index (χ3n) is 3.31. The third kappa shape index (κ3) is 3.04. The summed E-state index contributed by atoms with van der Waals surface area (Å²) in [5, 5.41) is 2.37. The number of amides is 1. The number of anilines is 1. The normalized spacial score (nSPS) is 17.7. The van der Waals surface area contributed by atoms with Crippen LogP contribution in [-0.2, 0) is 4.79 Å². The fourth-order valence-corrected chi connectivity index (χ4v) is 2.36. The highest BCUT2D eigenvalue weighted by atomic mass is 19.1. The Labute approximate surface area is 104 Å². The summed E-state index contributed by atoms with van der Waals surface area (Å²) in [5.41, 5.74) is 5.42. The SMILES string of the molecule is NC1(CC(=O)Nc2cc(F)ccc2F)CCCC1. The monoisotopic (exact) mass is 254 g/mol. The van der Waals surface area contributed by atoms with E-state index < -0.39 is 17.2 Å². The van der Waals surface area contributed by atoms with Gasteiger partial charge in [-0.05, 0) is 25.0 Å². The van der Waals surface area contributed by atoms with Crippen molar-refractivity contribution in [3.63, 3.8) is 0 Å². The van der Waals surface area contributed by atoms with Crippen LogP contribution < -0.4 is 11.1 Å². The molecule has 0 heterocycles. The number of nitrogens with two attached hydrogens (primary N) is 1. The van der Waals surface area contributed by atoms with Gasteiger partial charge in [-0.25, -0.2) is 8.78 Å². The van der Waals surface area contributed by atoms with Crippen molar-refractivity contribution in [1.82, 2.24) is 0 Å². The first kappa shape index (κ1) is 13.0. The third-order valence-corrected chi connectivity index (χ3v) is 3.31. The van der Waals surface area contributed by atoms with Gasteiger partial charge in [0, 0.05) is 18.0 Å². The molecule has 0 saturated heterocycles. The van der Waals surface area contributed by atoms with Crippen LogP contribution in [0.2, 0.25) is 0 Å². The van der Waals surface area contributed by atoms with Gasteiger partial charge < -0.3 is 11.1 Å². The number of carbonyl (C=O) groups is 1. The van der Waals surface area contributed by atoms with Gasteiger partial charge in [0.1, 0.15) is 11.6 Å². The molecule has 1 saturated carbocycles. The first-order chi connectivity index (χ1) is 8.48.